The molecular weight excluding hydrogens is 339 g/mol. The molecule has 0 saturated carbocycles. The van der Waals surface area contributed by atoms with E-state index >= 15 is 0 Å². The lowest BCUT2D eigenvalue weighted by Gasteiger charge is -2.13. The largest absolute Gasteiger partial charge is 0.416 e. The Morgan fingerprint density at radius 1 is 1.00 bits per heavy atom. The lowest BCUT2D eigenvalue weighted by atomic mass is 10.0. The number of rotatable bonds is 2. The first-order chi connectivity index (χ1) is 12.4. The molecule has 4 rings (SSSR count). The smallest absolute Gasteiger partial charge is 0.228 e. The van der Waals surface area contributed by atoms with E-state index in [1.807, 2.05) is 37.3 Å². The number of nitrogens with zero attached hydrogens (tertiary/aromatic N) is 3. The van der Waals surface area contributed by atoms with Crippen molar-refractivity contribution < 1.29 is 13.2 Å². The van der Waals surface area contributed by atoms with Gasteiger partial charge < -0.3 is 0 Å². The average molecular weight is 352 g/mol. The number of hydrogen-bond donors (Lipinski definition) is 0. The molecule has 6 heteroatoms. The average Bonchev–Trinajstić information content (AvgIpc) is 3.06. The van der Waals surface area contributed by atoms with Crippen molar-refractivity contribution in [1.29, 1.82) is 0 Å². The van der Waals surface area contributed by atoms with Crippen molar-refractivity contribution in [2.45, 2.75) is 13.1 Å². The number of pyridine rings is 1. The van der Waals surface area contributed by atoms with Crippen LogP contribution in [0, 0.1) is 13.1 Å². The van der Waals surface area contributed by atoms with E-state index in [0.29, 0.717) is 17.1 Å². The first kappa shape index (κ1) is 16.3. The predicted molar refractivity (Wildman–Crippen MR) is 92.9 cm³/mol. The number of alkyl halides is 3. The maximum atomic E-state index is 13.1. The van der Waals surface area contributed by atoms with Crippen LogP contribution in [0.15, 0.2) is 60.7 Å². The number of hydrogen-bond acceptors (Lipinski definition) is 2. The van der Waals surface area contributed by atoms with Gasteiger partial charge in [-0.25, -0.2) is 9.67 Å². The zero-order valence-corrected chi connectivity index (χ0v) is 13.7. The molecule has 129 valence electrons. The molecule has 2 heterocycles. The molecule has 26 heavy (non-hydrogen) atoms. The quantitative estimate of drug-likeness (QED) is 0.495. The van der Waals surface area contributed by atoms with Crippen molar-refractivity contribution in [2.24, 2.45) is 0 Å². The molecule has 0 unspecified atom stereocenters. The van der Waals surface area contributed by atoms with Gasteiger partial charge in [0.1, 0.15) is 6.20 Å². The van der Waals surface area contributed by atoms with E-state index in [1.165, 1.54) is 6.07 Å². The molecule has 0 bridgehead atoms. The van der Waals surface area contributed by atoms with E-state index < -0.39 is 11.7 Å². The summed E-state index contributed by atoms with van der Waals surface area (Å²) in [6, 6.07) is 16.3. The SMILES string of the molecule is Cc1c[c]nn1-c1cc2ccccc2c(-c2cccc(C(F)(F)F)c2)n1. The van der Waals surface area contributed by atoms with Gasteiger partial charge in [-0.05, 0) is 36.6 Å². The third-order valence-electron chi connectivity index (χ3n) is 4.17. The topological polar surface area (TPSA) is 30.7 Å². The minimum Gasteiger partial charge on any atom is -0.228 e. The molecule has 0 aliphatic heterocycles. The summed E-state index contributed by atoms with van der Waals surface area (Å²) in [5.41, 5.74) is 1.03. The first-order valence-electron chi connectivity index (χ1n) is 7.94. The van der Waals surface area contributed by atoms with Gasteiger partial charge in [0.15, 0.2) is 5.82 Å². The molecule has 2 aromatic carbocycles. The molecule has 0 aliphatic rings. The molecule has 0 spiro atoms. The molecule has 4 aromatic rings. The van der Waals surface area contributed by atoms with E-state index in [2.05, 4.69) is 16.3 Å². The summed E-state index contributed by atoms with van der Waals surface area (Å²) < 4.78 is 41.0. The molecule has 0 N–H and O–H groups in total. The van der Waals surface area contributed by atoms with E-state index in [9.17, 15) is 13.2 Å². The fourth-order valence-electron chi connectivity index (χ4n) is 2.91. The summed E-state index contributed by atoms with van der Waals surface area (Å²) in [5, 5.41) is 5.79. The Hall–Kier alpha value is -3.15. The van der Waals surface area contributed by atoms with Gasteiger partial charge >= 0.3 is 6.18 Å². The zero-order valence-electron chi connectivity index (χ0n) is 13.7. The van der Waals surface area contributed by atoms with Crippen molar-refractivity contribution in [3.63, 3.8) is 0 Å². The van der Waals surface area contributed by atoms with Gasteiger partial charge in [-0.2, -0.15) is 18.3 Å². The fourth-order valence-corrected chi connectivity index (χ4v) is 2.91. The van der Waals surface area contributed by atoms with Crippen molar-refractivity contribution in [1.82, 2.24) is 14.8 Å². The highest BCUT2D eigenvalue weighted by molar-refractivity contribution is 5.95. The zero-order chi connectivity index (χ0) is 18.3. The van der Waals surface area contributed by atoms with Crippen LogP contribution >= 0.6 is 0 Å². The lowest BCUT2D eigenvalue weighted by molar-refractivity contribution is -0.137. The molecule has 0 fully saturated rings. The van der Waals surface area contributed by atoms with E-state index in [0.717, 1.165) is 28.6 Å². The Kier molecular flexibility index (Phi) is 3.76. The minimum atomic E-state index is -4.41. The minimum absolute atomic E-state index is 0.409. The van der Waals surface area contributed by atoms with E-state index in [-0.39, 0.29) is 0 Å². The number of halogens is 3. The van der Waals surface area contributed by atoms with Crippen molar-refractivity contribution in [2.75, 3.05) is 0 Å². The number of benzene rings is 2. The Morgan fingerprint density at radius 2 is 1.81 bits per heavy atom. The summed E-state index contributed by atoms with van der Waals surface area (Å²) >= 11 is 0. The third-order valence-corrected chi connectivity index (χ3v) is 4.17. The molecule has 0 aliphatic carbocycles. The van der Waals surface area contributed by atoms with Crippen LogP contribution in [-0.2, 0) is 6.18 Å². The van der Waals surface area contributed by atoms with Crippen LogP contribution in [0.2, 0.25) is 0 Å². The van der Waals surface area contributed by atoms with E-state index in [4.69, 9.17) is 0 Å². The van der Waals surface area contributed by atoms with E-state index in [1.54, 1.807) is 16.8 Å². The highest BCUT2D eigenvalue weighted by Crippen LogP contribution is 2.34. The molecule has 0 atom stereocenters. The first-order valence-corrected chi connectivity index (χ1v) is 7.94. The second kappa shape index (κ2) is 5.98. The van der Waals surface area contributed by atoms with Crippen molar-refractivity contribution in [3.8, 4) is 17.1 Å². The monoisotopic (exact) mass is 352 g/mol. The summed E-state index contributed by atoms with van der Waals surface area (Å²) in [4.78, 5) is 4.61. The van der Waals surface area contributed by atoms with Gasteiger partial charge in [-0.15, -0.1) is 0 Å². The van der Waals surface area contributed by atoms with Crippen LogP contribution < -0.4 is 0 Å². The molecular formula is C20H13F3N3. The maximum absolute atomic E-state index is 13.1. The van der Waals surface area contributed by atoms with Gasteiger partial charge in [-0.1, -0.05) is 36.4 Å². The molecule has 3 nitrogen and oxygen atoms in total. The summed E-state index contributed by atoms with van der Waals surface area (Å²) in [5.74, 6) is 0.537. The van der Waals surface area contributed by atoms with Crippen LogP contribution in [-0.4, -0.2) is 14.8 Å². The van der Waals surface area contributed by atoms with Crippen LogP contribution in [0.25, 0.3) is 27.8 Å². The van der Waals surface area contributed by atoms with Gasteiger partial charge in [0.05, 0.1) is 11.3 Å². The Morgan fingerprint density at radius 3 is 2.54 bits per heavy atom. The predicted octanol–water partition coefficient (Wildman–Crippen LogP) is 5.21. The van der Waals surface area contributed by atoms with Crippen LogP contribution in [0.1, 0.15) is 11.3 Å². The van der Waals surface area contributed by atoms with Gasteiger partial charge in [0.25, 0.3) is 0 Å². The van der Waals surface area contributed by atoms with Gasteiger partial charge in [0.2, 0.25) is 0 Å². The second-order valence-electron chi connectivity index (χ2n) is 5.96. The highest BCUT2D eigenvalue weighted by atomic mass is 19.4. The number of aromatic nitrogens is 3. The van der Waals surface area contributed by atoms with Crippen molar-refractivity contribution >= 4 is 10.8 Å². The highest BCUT2D eigenvalue weighted by Gasteiger charge is 2.30. The Labute approximate surface area is 147 Å². The molecule has 1 radical (unpaired) electrons. The lowest BCUT2D eigenvalue weighted by Crippen LogP contribution is -2.05. The number of aryl methyl sites for hydroxylation is 1. The Balaban J connectivity index is 1.99. The van der Waals surface area contributed by atoms with Gasteiger partial charge in [0, 0.05) is 16.6 Å². The molecule has 0 saturated heterocycles. The summed E-state index contributed by atoms with van der Waals surface area (Å²) in [6.45, 7) is 1.87. The van der Waals surface area contributed by atoms with Crippen LogP contribution in [0.5, 0.6) is 0 Å². The Bertz CT molecular complexity index is 1100. The maximum Gasteiger partial charge on any atom is 0.416 e. The fraction of sp³-hybridized carbons (Fsp3) is 0.100. The second-order valence-corrected chi connectivity index (χ2v) is 5.96. The summed E-state index contributed by atoms with van der Waals surface area (Å²) in [7, 11) is 0. The van der Waals surface area contributed by atoms with Crippen LogP contribution in [0.3, 0.4) is 0 Å². The molecule has 0 amide bonds. The normalized spacial score (nSPS) is 11.8. The van der Waals surface area contributed by atoms with Gasteiger partial charge in [-0.3, -0.25) is 0 Å². The number of fused-ring (bicyclic) bond motifs is 1. The molecule has 2 aromatic heterocycles. The van der Waals surface area contributed by atoms with Crippen LogP contribution in [0.4, 0.5) is 13.2 Å². The van der Waals surface area contributed by atoms with Crippen molar-refractivity contribution in [3.05, 3.63) is 78.1 Å². The summed E-state index contributed by atoms with van der Waals surface area (Å²) in [6.07, 6.45) is -1.65. The standard InChI is InChI=1S/C20H13F3N3/c1-13-9-10-24-26(13)18-12-14-5-2-3-8-17(14)19(25-18)15-6-4-7-16(11-15)20(21,22)23/h2-9,11-12H,1H3. The third kappa shape index (κ3) is 2.83.